The first kappa shape index (κ1) is 11.4. The molecule has 0 saturated carbocycles. The Hall–Kier alpha value is -1.72. The van der Waals surface area contributed by atoms with Crippen molar-refractivity contribution in [2.24, 2.45) is 0 Å². The van der Waals surface area contributed by atoms with Crippen LogP contribution in [-0.4, -0.2) is 20.9 Å². The molecule has 0 amide bonds. The van der Waals surface area contributed by atoms with E-state index in [1.807, 2.05) is 36.0 Å². The molecule has 0 atom stereocenters. The highest BCUT2D eigenvalue weighted by Gasteiger charge is 2.01. The molecule has 3 aromatic rings. The molecule has 5 heteroatoms. The van der Waals surface area contributed by atoms with Gasteiger partial charge >= 0.3 is 0 Å². The monoisotopic (exact) mass is 258 g/mol. The Bertz CT molecular complexity index is 586. The number of imidazole rings is 1. The van der Waals surface area contributed by atoms with E-state index in [4.69, 9.17) is 0 Å². The lowest BCUT2D eigenvalue weighted by molar-refractivity contribution is 0.671. The quantitative estimate of drug-likeness (QED) is 0.713. The molecule has 0 aliphatic carbocycles. The van der Waals surface area contributed by atoms with Gasteiger partial charge in [-0.1, -0.05) is 6.07 Å². The van der Waals surface area contributed by atoms with Crippen molar-refractivity contribution in [3.05, 3.63) is 53.6 Å². The molecule has 3 heterocycles. The summed E-state index contributed by atoms with van der Waals surface area (Å²) in [6.45, 7) is 1.73. The van der Waals surface area contributed by atoms with Gasteiger partial charge in [0.15, 0.2) is 4.96 Å². The summed E-state index contributed by atoms with van der Waals surface area (Å²) in [5.41, 5.74) is 2.21. The number of rotatable bonds is 5. The lowest BCUT2D eigenvalue weighted by Crippen LogP contribution is -2.17. The maximum Gasteiger partial charge on any atom is 0.193 e. The minimum atomic E-state index is 0.807. The number of pyridine rings is 1. The molecule has 3 aromatic heterocycles. The van der Waals surface area contributed by atoms with Gasteiger partial charge in [0.2, 0.25) is 0 Å². The first-order valence-corrected chi connectivity index (χ1v) is 6.81. The molecule has 0 aliphatic rings. The summed E-state index contributed by atoms with van der Waals surface area (Å²) in [4.78, 5) is 9.86. The molecule has 0 aliphatic heterocycles. The minimum Gasteiger partial charge on any atom is -0.311 e. The van der Waals surface area contributed by atoms with E-state index in [2.05, 4.69) is 25.9 Å². The second kappa shape index (κ2) is 5.29. The van der Waals surface area contributed by atoms with Crippen molar-refractivity contribution in [1.29, 1.82) is 0 Å². The van der Waals surface area contributed by atoms with Gasteiger partial charge in [-0.05, 0) is 12.1 Å². The van der Waals surface area contributed by atoms with Gasteiger partial charge in [-0.15, -0.1) is 11.3 Å². The number of nitrogens with zero attached hydrogens (tertiary/aromatic N) is 3. The van der Waals surface area contributed by atoms with Gasteiger partial charge in [0.1, 0.15) is 0 Å². The van der Waals surface area contributed by atoms with E-state index in [0.717, 1.165) is 35.9 Å². The molecule has 0 radical (unpaired) electrons. The molecular formula is C13H14N4S. The Labute approximate surface area is 109 Å². The number of aromatic nitrogens is 3. The maximum absolute atomic E-state index is 4.52. The van der Waals surface area contributed by atoms with E-state index < -0.39 is 0 Å². The van der Waals surface area contributed by atoms with Crippen molar-refractivity contribution in [2.75, 3.05) is 6.54 Å². The maximum atomic E-state index is 4.52. The number of thiazole rings is 1. The molecule has 1 N–H and O–H groups in total. The topological polar surface area (TPSA) is 42.2 Å². The Morgan fingerprint density at radius 2 is 2.28 bits per heavy atom. The third-order valence-electron chi connectivity index (χ3n) is 2.73. The van der Waals surface area contributed by atoms with Gasteiger partial charge in [0.25, 0.3) is 0 Å². The molecule has 0 fully saturated rings. The molecule has 18 heavy (non-hydrogen) atoms. The minimum absolute atomic E-state index is 0.807. The van der Waals surface area contributed by atoms with Crippen molar-refractivity contribution in [1.82, 2.24) is 19.7 Å². The van der Waals surface area contributed by atoms with Crippen molar-refractivity contribution in [3.63, 3.8) is 0 Å². The van der Waals surface area contributed by atoms with Gasteiger partial charge < -0.3 is 5.32 Å². The highest BCUT2D eigenvalue weighted by molar-refractivity contribution is 7.15. The van der Waals surface area contributed by atoms with Crippen molar-refractivity contribution >= 4 is 16.3 Å². The zero-order valence-corrected chi connectivity index (χ0v) is 10.7. The van der Waals surface area contributed by atoms with Crippen molar-refractivity contribution in [3.8, 4) is 0 Å². The number of hydrogen-bond acceptors (Lipinski definition) is 4. The Kier molecular flexibility index (Phi) is 3.34. The van der Waals surface area contributed by atoms with Crippen LogP contribution >= 0.6 is 11.3 Å². The van der Waals surface area contributed by atoms with E-state index in [1.165, 1.54) is 0 Å². The molecule has 0 spiro atoms. The number of fused-ring (bicyclic) bond motifs is 1. The molecule has 0 aromatic carbocycles. The average Bonchev–Trinajstić information content (AvgIpc) is 2.96. The van der Waals surface area contributed by atoms with Gasteiger partial charge in [0, 0.05) is 49.2 Å². The third kappa shape index (κ3) is 2.57. The zero-order valence-electron chi connectivity index (χ0n) is 9.91. The lowest BCUT2D eigenvalue weighted by atomic mass is 10.3. The fourth-order valence-corrected chi connectivity index (χ4v) is 2.56. The van der Waals surface area contributed by atoms with Crippen LogP contribution in [-0.2, 0) is 13.0 Å². The molecule has 4 nitrogen and oxygen atoms in total. The summed E-state index contributed by atoms with van der Waals surface area (Å²) in [6.07, 6.45) is 6.88. The highest BCUT2D eigenvalue weighted by Crippen LogP contribution is 2.10. The summed E-state index contributed by atoms with van der Waals surface area (Å²) in [5.74, 6) is 0. The van der Waals surface area contributed by atoms with Gasteiger partial charge in [0.05, 0.1) is 5.69 Å². The SMILES string of the molecule is c1ccc(CCNCc2cn3ccsc3n2)nc1. The van der Waals surface area contributed by atoms with E-state index in [0.29, 0.717) is 0 Å². The predicted octanol–water partition coefficient (Wildman–Crippen LogP) is 2.12. The van der Waals surface area contributed by atoms with Crippen LogP contribution in [0.15, 0.2) is 42.2 Å². The highest BCUT2D eigenvalue weighted by atomic mass is 32.1. The van der Waals surface area contributed by atoms with Crippen LogP contribution in [0.5, 0.6) is 0 Å². The molecule has 0 saturated heterocycles. The first-order valence-electron chi connectivity index (χ1n) is 5.93. The normalized spacial score (nSPS) is 11.1. The largest absolute Gasteiger partial charge is 0.311 e. The van der Waals surface area contributed by atoms with E-state index in [9.17, 15) is 0 Å². The van der Waals surface area contributed by atoms with Crippen LogP contribution in [0.4, 0.5) is 0 Å². The van der Waals surface area contributed by atoms with Crippen molar-refractivity contribution in [2.45, 2.75) is 13.0 Å². The summed E-state index contributed by atoms with van der Waals surface area (Å²) in [6, 6.07) is 6.01. The zero-order chi connectivity index (χ0) is 12.2. The Balaban J connectivity index is 1.49. The Morgan fingerprint density at radius 3 is 3.11 bits per heavy atom. The van der Waals surface area contributed by atoms with E-state index >= 15 is 0 Å². The first-order chi connectivity index (χ1) is 8.92. The van der Waals surface area contributed by atoms with Crippen LogP contribution in [0.3, 0.4) is 0 Å². The third-order valence-corrected chi connectivity index (χ3v) is 3.50. The molecule has 3 rings (SSSR count). The van der Waals surface area contributed by atoms with Gasteiger partial charge in [-0.2, -0.15) is 0 Å². The molecule has 92 valence electrons. The lowest BCUT2D eigenvalue weighted by Gasteiger charge is -2.01. The fourth-order valence-electron chi connectivity index (χ4n) is 1.84. The second-order valence-electron chi connectivity index (χ2n) is 4.07. The van der Waals surface area contributed by atoms with Gasteiger partial charge in [-0.3, -0.25) is 9.38 Å². The smallest absolute Gasteiger partial charge is 0.193 e. The van der Waals surface area contributed by atoms with Crippen LogP contribution < -0.4 is 5.32 Å². The van der Waals surface area contributed by atoms with Crippen LogP contribution in [0.25, 0.3) is 4.96 Å². The van der Waals surface area contributed by atoms with E-state index in [-0.39, 0.29) is 0 Å². The Morgan fingerprint density at radius 1 is 1.28 bits per heavy atom. The summed E-state index contributed by atoms with van der Waals surface area (Å²) in [5, 5.41) is 5.43. The predicted molar refractivity (Wildman–Crippen MR) is 72.7 cm³/mol. The van der Waals surface area contributed by atoms with Crippen LogP contribution in [0, 0.1) is 0 Å². The van der Waals surface area contributed by atoms with Crippen LogP contribution in [0.2, 0.25) is 0 Å². The van der Waals surface area contributed by atoms with Crippen molar-refractivity contribution < 1.29 is 0 Å². The summed E-state index contributed by atoms with van der Waals surface area (Å²) in [7, 11) is 0. The number of hydrogen-bond donors (Lipinski definition) is 1. The van der Waals surface area contributed by atoms with Crippen LogP contribution in [0.1, 0.15) is 11.4 Å². The molecule has 0 bridgehead atoms. The molecule has 0 unspecified atom stereocenters. The summed E-state index contributed by atoms with van der Waals surface area (Å²) < 4.78 is 2.06. The second-order valence-corrected chi connectivity index (χ2v) is 4.95. The number of nitrogens with one attached hydrogen (secondary N) is 1. The fraction of sp³-hybridized carbons (Fsp3) is 0.231. The summed E-state index contributed by atoms with van der Waals surface area (Å²) >= 11 is 1.66. The average molecular weight is 258 g/mol. The molecular weight excluding hydrogens is 244 g/mol. The van der Waals surface area contributed by atoms with E-state index in [1.54, 1.807) is 11.3 Å². The standard InChI is InChI=1S/C13H14N4S/c1-2-5-15-11(3-1)4-6-14-9-12-10-17-7-8-18-13(17)16-12/h1-3,5,7-8,10,14H,4,6,9H2. The van der Waals surface area contributed by atoms with Gasteiger partial charge in [-0.25, -0.2) is 4.98 Å².